The van der Waals surface area contributed by atoms with Crippen molar-refractivity contribution >= 4 is 62.4 Å². The van der Waals surface area contributed by atoms with Crippen molar-refractivity contribution < 1.29 is 14.0 Å². The normalized spacial score (nSPS) is 10.9. The Balaban J connectivity index is 1.69. The molecule has 0 atom stereocenters. The summed E-state index contributed by atoms with van der Waals surface area (Å²) in [5, 5.41) is 5.08. The summed E-state index contributed by atoms with van der Waals surface area (Å²) in [5.74, 6) is -1.78. The highest BCUT2D eigenvalue weighted by Gasteiger charge is 2.17. The molecule has 2 heterocycles. The molecule has 11 heteroatoms. The van der Waals surface area contributed by atoms with Gasteiger partial charge in [-0.1, -0.05) is 35.5 Å². The molecule has 2 aromatic heterocycles. The lowest BCUT2D eigenvalue weighted by Gasteiger charge is -2.13. The van der Waals surface area contributed by atoms with E-state index in [1.807, 2.05) is 0 Å². The minimum Gasteiger partial charge on any atom is -0.366 e. The minimum atomic E-state index is -0.646. The molecule has 0 unspecified atom stereocenters. The van der Waals surface area contributed by atoms with Crippen LogP contribution in [0.5, 0.6) is 0 Å². The van der Waals surface area contributed by atoms with Crippen molar-refractivity contribution in [1.29, 1.82) is 0 Å². The molecule has 4 rings (SSSR count). The lowest BCUT2D eigenvalue weighted by molar-refractivity contribution is -0.113. The quantitative estimate of drug-likeness (QED) is 0.314. The van der Waals surface area contributed by atoms with E-state index in [9.17, 15) is 18.8 Å². The first-order chi connectivity index (χ1) is 15.3. The number of rotatable bonds is 6. The molecular formula is C21H14ClFN4O3S2. The number of hydrogen-bond acceptors (Lipinski definition) is 6. The summed E-state index contributed by atoms with van der Waals surface area (Å²) in [5.41, 5.74) is 5.91. The van der Waals surface area contributed by atoms with Crippen molar-refractivity contribution in [1.82, 2.24) is 9.55 Å². The Labute approximate surface area is 194 Å². The van der Waals surface area contributed by atoms with Gasteiger partial charge < -0.3 is 11.1 Å². The van der Waals surface area contributed by atoms with Crippen LogP contribution in [0.4, 0.5) is 9.39 Å². The molecule has 0 radical (unpaired) electrons. The SMILES string of the molecule is NC(=O)c1ccsc1NC(=O)CSc1nc2ccccc2c(=O)n1-c1ccc(F)c(Cl)c1. The van der Waals surface area contributed by atoms with Gasteiger partial charge in [0.25, 0.3) is 11.5 Å². The van der Waals surface area contributed by atoms with E-state index in [1.54, 1.807) is 29.6 Å². The van der Waals surface area contributed by atoms with Crippen LogP contribution in [0.25, 0.3) is 16.6 Å². The maximum absolute atomic E-state index is 13.7. The maximum atomic E-state index is 13.7. The fraction of sp³-hybridized carbons (Fsp3) is 0.0476. The van der Waals surface area contributed by atoms with Crippen LogP contribution >= 0.6 is 34.7 Å². The van der Waals surface area contributed by atoms with Crippen molar-refractivity contribution in [3.63, 3.8) is 0 Å². The molecule has 0 saturated heterocycles. The third kappa shape index (κ3) is 4.38. The van der Waals surface area contributed by atoms with Crippen LogP contribution in [0.1, 0.15) is 10.4 Å². The maximum Gasteiger partial charge on any atom is 0.266 e. The monoisotopic (exact) mass is 488 g/mol. The average Bonchev–Trinajstić information content (AvgIpc) is 3.23. The number of hydrogen-bond donors (Lipinski definition) is 2. The van der Waals surface area contributed by atoms with Crippen LogP contribution in [-0.4, -0.2) is 27.1 Å². The highest BCUT2D eigenvalue weighted by molar-refractivity contribution is 7.99. The molecule has 0 saturated carbocycles. The van der Waals surface area contributed by atoms with Gasteiger partial charge >= 0.3 is 0 Å². The second kappa shape index (κ2) is 9.11. The fourth-order valence-electron chi connectivity index (χ4n) is 2.95. The summed E-state index contributed by atoms with van der Waals surface area (Å²) in [6, 6.07) is 12.2. The molecule has 162 valence electrons. The standard InChI is InChI=1S/C21H14ClFN4O3S2/c22-14-9-11(5-6-15(14)23)27-20(30)12-3-1-2-4-16(12)25-21(27)32-10-17(28)26-19-13(18(24)29)7-8-31-19/h1-9H,10H2,(H2,24,29)(H,26,28). The minimum absolute atomic E-state index is 0.101. The zero-order valence-electron chi connectivity index (χ0n) is 16.2. The van der Waals surface area contributed by atoms with Crippen LogP contribution in [0.3, 0.4) is 0 Å². The van der Waals surface area contributed by atoms with Gasteiger partial charge in [0.15, 0.2) is 5.16 Å². The van der Waals surface area contributed by atoms with E-state index < -0.39 is 17.6 Å². The van der Waals surface area contributed by atoms with Crippen molar-refractivity contribution in [2.45, 2.75) is 5.16 Å². The van der Waals surface area contributed by atoms with Gasteiger partial charge in [-0.15, -0.1) is 11.3 Å². The summed E-state index contributed by atoms with van der Waals surface area (Å²) in [6.07, 6.45) is 0. The molecule has 32 heavy (non-hydrogen) atoms. The fourth-order valence-corrected chi connectivity index (χ4v) is 4.75. The Bertz CT molecular complexity index is 1420. The number of benzene rings is 2. The predicted molar refractivity (Wildman–Crippen MR) is 124 cm³/mol. The highest BCUT2D eigenvalue weighted by Crippen LogP contribution is 2.26. The summed E-state index contributed by atoms with van der Waals surface area (Å²) in [7, 11) is 0. The second-order valence-electron chi connectivity index (χ2n) is 6.52. The molecule has 0 aliphatic rings. The number of nitrogens with one attached hydrogen (secondary N) is 1. The Morgan fingerprint density at radius 1 is 1.22 bits per heavy atom. The Morgan fingerprint density at radius 2 is 2.00 bits per heavy atom. The topological polar surface area (TPSA) is 107 Å². The number of carbonyl (C=O) groups excluding carboxylic acids is 2. The smallest absolute Gasteiger partial charge is 0.266 e. The third-order valence-corrected chi connectivity index (χ3v) is 6.48. The molecule has 7 nitrogen and oxygen atoms in total. The first-order valence-electron chi connectivity index (χ1n) is 9.12. The zero-order valence-corrected chi connectivity index (χ0v) is 18.6. The highest BCUT2D eigenvalue weighted by atomic mass is 35.5. The lowest BCUT2D eigenvalue weighted by Crippen LogP contribution is -2.23. The summed E-state index contributed by atoms with van der Waals surface area (Å²) < 4.78 is 15.0. The number of nitrogens with two attached hydrogens (primary N) is 1. The number of nitrogens with zero attached hydrogens (tertiary/aromatic N) is 2. The van der Waals surface area contributed by atoms with Crippen LogP contribution in [-0.2, 0) is 4.79 Å². The van der Waals surface area contributed by atoms with E-state index in [0.29, 0.717) is 21.6 Å². The molecule has 0 spiro atoms. The molecule has 2 amide bonds. The van der Waals surface area contributed by atoms with E-state index in [4.69, 9.17) is 17.3 Å². The van der Waals surface area contributed by atoms with Gasteiger partial charge in [0, 0.05) is 0 Å². The van der Waals surface area contributed by atoms with E-state index >= 15 is 0 Å². The Hall–Kier alpha value is -3.21. The third-order valence-electron chi connectivity index (χ3n) is 4.42. The average molecular weight is 489 g/mol. The van der Waals surface area contributed by atoms with Gasteiger partial charge in [-0.25, -0.2) is 9.37 Å². The van der Waals surface area contributed by atoms with E-state index in [-0.39, 0.29) is 27.1 Å². The number of primary amides is 1. The van der Waals surface area contributed by atoms with Gasteiger partial charge in [-0.2, -0.15) is 0 Å². The Kier molecular flexibility index (Phi) is 6.26. The molecule has 0 aliphatic carbocycles. The summed E-state index contributed by atoms with van der Waals surface area (Å²) >= 11 is 8.10. The summed E-state index contributed by atoms with van der Waals surface area (Å²) in [6.45, 7) is 0. The number of para-hydroxylation sites is 1. The first-order valence-corrected chi connectivity index (χ1v) is 11.4. The molecule has 2 aromatic carbocycles. The zero-order chi connectivity index (χ0) is 22.8. The van der Waals surface area contributed by atoms with Crippen LogP contribution in [0, 0.1) is 5.82 Å². The lowest BCUT2D eigenvalue weighted by atomic mass is 10.2. The van der Waals surface area contributed by atoms with Crippen LogP contribution in [0.15, 0.2) is 63.9 Å². The van der Waals surface area contributed by atoms with Gasteiger partial charge in [0.05, 0.1) is 32.9 Å². The van der Waals surface area contributed by atoms with Crippen molar-refractivity contribution in [3.05, 3.63) is 80.7 Å². The molecule has 0 fully saturated rings. The van der Waals surface area contributed by atoms with Gasteiger partial charge in [0.1, 0.15) is 10.8 Å². The van der Waals surface area contributed by atoms with Gasteiger partial charge in [0.2, 0.25) is 5.91 Å². The van der Waals surface area contributed by atoms with Crippen molar-refractivity contribution in [2.24, 2.45) is 5.73 Å². The van der Waals surface area contributed by atoms with E-state index in [1.165, 1.54) is 34.1 Å². The molecule has 0 bridgehead atoms. The molecular weight excluding hydrogens is 475 g/mol. The second-order valence-corrected chi connectivity index (χ2v) is 8.78. The van der Waals surface area contributed by atoms with Crippen molar-refractivity contribution in [2.75, 3.05) is 11.1 Å². The predicted octanol–water partition coefficient (Wildman–Crippen LogP) is 4.07. The van der Waals surface area contributed by atoms with E-state index in [2.05, 4.69) is 10.3 Å². The van der Waals surface area contributed by atoms with Crippen LogP contribution < -0.4 is 16.6 Å². The molecule has 0 aliphatic heterocycles. The number of halogens is 2. The van der Waals surface area contributed by atoms with Gasteiger partial charge in [-0.3, -0.25) is 19.0 Å². The van der Waals surface area contributed by atoms with Gasteiger partial charge in [-0.05, 0) is 41.8 Å². The Morgan fingerprint density at radius 3 is 2.75 bits per heavy atom. The summed E-state index contributed by atoms with van der Waals surface area (Å²) in [4.78, 5) is 41.6. The van der Waals surface area contributed by atoms with Crippen LogP contribution in [0.2, 0.25) is 5.02 Å². The number of anilines is 1. The first kappa shape index (κ1) is 22.0. The number of thioether (sulfide) groups is 1. The number of fused-ring (bicyclic) bond motifs is 1. The number of amides is 2. The molecule has 3 N–H and O–H groups in total. The molecule has 4 aromatic rings. The van der Waals surface area contributed by atoms with Crippen molar-refractivity contribution in [3.8, 4) is 5.69 Å². The van der Waals surface area contributed by atoms with E-state index in [0.717, 1.165) is 17.8 Å². The number of thiophene rings is 1. The number of aromatic nitrogens is 2. The number of carbonyl (C=O) groups is 2. The largest absolute Gasteiger partial charge is 0.366 e.